The maximum absolute atomic E-state index is 12.5. The van der Waals surface area contributed by atoms with Crippen LogP contribution in [0.1, 0.15) is 42.3 Å². The van der Waals surface area contributed by atoms with E-state index in [1.165, 1.54) is 5.56 Å². The van der Waals surface area contributed by atoms with E-state index in [2.05, 4.69) is 41.4 Å². The zero-order valence-corrected chi connectivity index (χ0v) is 15.9. The summed E-state index contributed by atoms with van der Waals surface area (Å²) in [6.07, 6.45) is 5.16. The Kier molecular flexibility index (Phi) is 5.50. The van der Waals surface area contributed by atoms with E-state index in [0.29, 0.717) is 17.9 Å². The van der Waals surface area contributed by atoms with Crippen molar-refractivity contribution < 1.29 is 4.79 Å². The molecule has 0 fully saturated rings. The molecule has 5 heteroatoms. The number of pyridine rings is 2. The highest BCUT2D eigenvalue weighted by molar-refractivity contribution is 6.04. The molecule has 0 unspecified atom stereocenters. The molecule has 0 bridgehead atoms. The minimum Gasteiger partial charge on any atom is -0.366 e. The van der Waals surface area contributed by atoms with Crippen LogP contribution in [-0.4, -0.2) is 15.9 Å². The van der Waals surface area contributed by atoms with Gasteiger partial charge in [0.15, 0.2) is 0 Å². The van der Waals surface area contributed by atoms with E-state index in [0.717, 1.165) is 11.3 Å². The Morgan fingerprint density at radius 1 is 1.04 bits per heavy atom. The number of rotatable bonds is 5. The number of hydrogen-bond acceptors (Lipinski definition) is 4. The van der Waals surface area contributed by atoms with E-state index in [1.807, 2.05) is 36.4 Å². The van der Waals surface area contributed by atoms with Crippen LogP contribution < -0.4 is 10.6 Å². The molecule has 3 rings (SSSR count). The van der Waals surface area contributed by atoms with Gasteiger partial charge >= 0.3 is 0 Å². The van der Waals surface area contributed by atoms with Crippen LogP contribution in [0.4, 0.5) is 11.5 Å². The maximum atomic E-state index is 12.5. The molecule has 0 aliphatic rings. The summed E-state index contributed by atoms with van der Waals surface area (Å²) in [5, 5.41) is 6.15. The lowest BCUT2D eigenvalue weighted by atomic mass is 9.87. The Morgan fingerprint density at radius 3 is 2.48 bits per heavy atom. The number of benzene rings is 1. The van der Waals surface area contributed by atoms with Crippen molar-refractivity contribution in [2.24, 2.45) is 0 Å². The molecule has 0 aliphatic carbocycles. The topological polar surface area (TPSA) is 66.9 Å². The van der Waals surface area contributed by atoms with Crippen LogP contribution in [0.15, 0.2) is 67.1 Å². The number of hydrogen-bond donors (Lipinski definition) is 2. The second kappa shape index (κ2) is 7.99. The second-order valence-electron chi connectivity index (χ2n) is 7.43. The normalized spacial score (nSPS) is 11.1. The van der Waals surface area contributed by atoms with Gasteiger partial charge in [0.05, 0.1) is 0 Å². The van der Waals surface area contributed by atoms with Crippen LogP contribution in [0.25, 0.3) is 0 Å². The predicted octanol–water partition coefficient (Wildman–Crippen LogP) is 4.64. The van der Waals surface area contributed by atoms with E-state index < -0.39 is 0 Å². The summed E-state index contributed by atoms with van der Waals surface area (Å²) in [6, 6.07) is 15.3. The Balaban J connectivity index is 1.64. The lowest BCUT2D eigenvalue weighted by molar-refractivity contribution is 0.102. The SMILES string of the molecule is CC(C)(C)c1ccc(NC(=O)c2ccnc(NCc3cccnc3)c2)cc1. The van der Waals surface area contributed by atoms with Crippen molar-refractivity contribution in [1.82, 2.24) is 9.97 Å². The molecule has 138 valence electrons. The van der Waals surface area contributed by atoms with Gasteiger partial charge in [-0.15, -0.1) is 0 Å². The van der Waals surface area contributed by atoms with Crippen molar-refractivity contribution in [1.29, 1.82) is 0 Å². The lowest BCUT2D eigenvalue weighted by Gasteiger charge is -2.19. The summed E-state index contributed by atoms with van der Waals surface area (Å²) in [5.74, 6) is 0.486. The van der Waals surface area contributed by atoms with Crippen molar-refractivity contribution in [2.75, 3.05) is 10.6 Å². The molecule has 5 nitrogen and oxygen atoms in total. The van der Waals surface area contributed by atoms with Crippen LogP contribution >= 0.6 is 0 Å². The summed E-state index contributed by atoms with van der Waals surface area (Å²) >= 11 is 0. The summed E-state index contributed by atoms with van der Waals surface area (Å²) in [7, 11) is 0. The Bertz CT molecular complexity index is 900. The molecule has 0 radical (unpaired) electrons. The first-order valence-corrected chi connectivity index (χ1v) is 8.92. The lowest BCUT2D eigenvalue weighted by Crippen LogP contribution is -2.14. The number of aromatic nitrogens is 2. The van der Waals surface area contributed by atoms with E-state index in [1.54, 1.807) is 30.7 Å². The van der Waals surface area contributed by atoms with Crippen LogP contribution in [0.2, 0.25) is 0 Å². The molecule has 0 saturated heterocycles. The summed E-state index contributed by atoms with van der Waals surface area (Å²) in [5.41, 5.74) is 3.69. The van der Waals surface area contributed by atoms with E-state index in [-0.39, 0.29) is 11.3 Å². The van der Waals surface area contributed by atoms with Gasteiger partial charge in [-0.05, 0) is 46.9 Å². The highest BCUT2D eigenvalue weighted by atomic mass is 16.1. The van der Waals surface area contributed by atoms with Gasteiger partial charge in [-0.1, -0.05) is 39.0 Å². The standard InChI is InChI=1S/C22H24N4O/c1-22(2,3)18-6-8-19(9-7-18)26-21(27)17-10-12-24-20(13-17)25-15-16-5-4-11-23-14-16/h4-14H,15H2,1-3H3,(H,24,25)(H,26,27). The van der Waals surface area contributed by atoms with Gasteiger partial charge in [0.2, 0.25) is 0 Å². The van der Waals surface area contributed by atoms with Crippen LogP contribution in [0, 0.1) is 0 Å². The van der Waals surface area contributed by atoms with Crippen LogP contribution in [0.5, 0.6) is 0 Å². The van der Waals surface area contributed by atoms with Gasteiger partial charge in [-0.3, -0.25) is 9.78 Å². The third kappa shape index (κ3) is 5.14. The zero-order chi connectivity index (χ0) is 19.3. The molecule has 0 spiro atoms. The fourth-order valence-corrected chi connectivity index (χ4v) is 2.62. The second-order valence-corrected chi connectivity index (χ2v) is 7.43. The summed E-state index contributed by atoms with van der Waals surface area (Å²) in [4.78, 5) is 20.9. The van der Waals surface area contributed by atoms with Crippen molar-refractivity contribution in [3.63, 3.8) is 0 Å². The third-order valence-corrected chi connectivity index (χ3v) is 4.23. The minimum absolute atomic E-state index is 0.0858. The molecular weight excluding hydrogens is 336 g/mol. The molecule has 2 heterocycles. The Labute approximate surface area is 159 Å². The quantitative estimate of drug-likeness (QED) is 0.696. The van der Waals surface area contributed by atoms with Gasteiger partial charge in [0, 0.05) is 36.4 Å². The third-order valence-electron chi connectivity index (χ3n) is 4.23. The highest BCUT2D eigenvalue weighted by Crippen LogP contribution is 2.23. The fourth-order valence-electron chi connectivity index (χ4n) is 2.62. The molecule has 0 atom stereocenters. The molecule has 3 aromatic rings. The largest absolute Gasteiger partial charge is 0.366 e. The van der Waals surface area contributed by atoms with Crippen molar-refractivity contribution in [3.05, 3.63) is 83.8 Å². The molecule has 0 saturated carbocycles. The van der Waals surface area contributed by atoms with E-state index in [9.17, 15) is 4.79 Å². The Hall–Kier alpha value is -3.21. The van der Waals surface area contributed by atoms with Gasteiger partial charge in [-0.2, -0.15) is 0 Å². The van der Waals surface area contributed by atoms with Gasteiger partial charge in [-0.25, -0.2) is 4.98 Å². The number of amides is 1. The summed E-state index contributed by atoms with van der Waals surface area (Å²) < 4.78 is 0. The molecule has 27 heavy (non-hydrogen) atoms. The zero-order valence-electron chi connectivity index (χ0n) is 15.9. The first kappa shape index (κ1) is 18.6. The average Bonchev–Trinajstić information content (AvgIpc) is 2.67. The predicted molar refractivity (Wildman–Crippen MR) is 109 cm³/mol. The molecule has 0 aliphatic heterocycles. The molecule has 2 N–H and O–H groups in total. The minimum atomic E-state index is -0.162. The maximum Gasteiger partial charge on any atom is 0.255 e. The summed E-state index contributed by atoms with van der Waals surface area (Å²) in [6.45, 7) is 7.09. The monoisotopic (exact) mass is 360 g/mol. The average molecular weight is 360 g/mol. The number of nitrogens with one attached hydrogen (secondary N) is 2. The number of carbonyl (C=O) groups excluding carboxylic acids is 1. The first-order valence-electron chi connectivity index (χ1n) is 8.92. The number of carbonyl (C=O) groups is 1. The molecular formula is C22H24N4O. The fraction of sp³-hybridized carbons (Fsp3) is 0.227. The van der Waals surface area contributed by atoms with Gasteiger partial charge in [0.1, 0.15) is 5.82 Å². The molecule has 1 amide bonds. The van der Waals surface area contributed by atoms with Crippen LogP contribution in [-0.2, 0) is 12.0 Å². The smallest absolute Gasteiger partial charge is 0.255 e. The Morgan fingerprint density at radius 2 is 1.81 bits per heavy atom. The van der Waals surface area contributed by atoms with Crippen molar-refractivity contribution in [2.45, 2.75) is 32.7 Å². The highest BCUT2D eigenvalue weighted by Gasteiger charge is 2.13. The molecule has 2 aromatic heterocycles. The number of anilines is 2. The van der Waals surface area contributed by atoms with Gasteiger partial charge in [0.25, 0.3) is 5.91 Å². The van der Waals surface area contributed by atoms with Crippen molar-refractivity contribution >= 4 is 17.4 Å². The van der Waals surface area contributed by atoms with Crippen LogP contribution in [0.3, 0.4) is 0 Å². The molecule has 1 aromatic carbocycles. The van der Waals surface area contributed by atoms with E-state index in [4.69, 9.17) is 0 Å². The van der Waals surface area contributed by atoms with E-state index >= 15 is 0 Å². The van der Waals surface area contributed by atoms with Gasteiger partial charge < -0.3 is 10.6 Å². The van der Waals surface area contributed by atoms with Crippen molar-refractivity contribution in [3.8, 4) is 0 Å². The first-order chi connectivity index (χ1) is 12.9. The number of nitrogens with zero attached hydrogens (tertiary/aromatic N) is 2.